The van der Waals surface area contributed by atoms with Crippen LogP contribution in [-0.4, -0.2) is 30.8 Å². The molecule has 152 valence electrons. The highest BCUT2D eigenvalue weighted by Crippen LogP contribution is 2.39. The number of aliphatic hydroxyl groups is 1. The van der Waals surface area contributed by atoms with Gasteiger partial charge in [0.25, 0.3) is 0 Å². The monoisotopic (exact) mass is 426 g/mol. The lowest BCUT2D eigenvalue weighted by atomic mass is 9.94. The molecule has 0 radical (unpaired) electrons. The van der Waals surface area contributed by atoms with Crippen LogP contribution in [0.15, 0.2) is 42.5 Å². The van der Waals surface area contributed by atoms with Crippen LogP contribution >= 0.6 is 24.0 Å². The number of nitrogens with two attached hydrogens (primary N) is 1. The summed E-state index contributed by atoms with van der Waals surface area (Å²) in [5.41, 5.74) is 7.62. The standard InChI is InChI=1S/C20H23ClN2O4.ClH/c1-12(18(22)13-5-3-2-4-6-13)20(25)23-11-16(24)14-9-15(21)19-17(10-14)26-7-8-27-19;/h2-6,9-10,12,16,18,24H,7-8,11,22H2,1H3,(H,23,25);1H. The summed E-state index contributed by atoms with van der Waals surface area (Å²) >= 11 is 6.19. The first-order valence-electron chi connectivity index (χ1n) is 8.82. The van der Waals surface area contributed by atoms with Crippen molar-refractivity contribution in [2.45, 2.75) is 19.1 Å². The molecule has 0 spiro atoms. The van der Waals surface area contributed by atoms with Gasteiger partial charge in [0.15, 0.2) is 11.5 Å². The summed E-state index contributed by atoms with van der Waals surface area (Å²) in [5.74, 6) is 0.302. The van der Waals surface area contributed by atoms with E-state index in [4.69, 9.17) is 26.8 Å². The molecule has 3 atom stereocenters. The summed E-state index contributed by atoms with van der Waals surface area (Å²) in [5, 5.41) is 13.5. The first kappa shape index (κ1) is 22.3. The van der Waals surface area contributed by atoms with Crippen LogP contribution in [0.3, 0.4) is 0 Å². The highest BCUT2D eigenvalue weighted by molar-refractivity contribution is 6.32. The third-order valence-corrected chi connectivity index (χ3v) is 4.89. The van der Waals surface area contributed by atoms with Gasteiger partial charge < -0.3 is 25.6 Å². The van der Waals surface area contributed by atoms with E-state index in [1.807, 2.05) is 30.3 Å². The second kappa shape index (κ2) is 9.98. The van der Waals surface area contributed by atoms with Crippen molar-refractivity contribution in [3.05, 3.63) is 58.6 Å². The third kappa shape index (κ3) is 5.08. The molecule has 1 amide bonds. The van der Waals surface area contributed by atoms with Crippen LogP contribution in [-0.2, 0) is 4.79 Å². The molecule has 6 nitrogen and oxygen atoms in total. The Bertz CT molecular complexity index is 804. The average Bonchev–Trinajstić information content (AvgIpc) is 2.71. The second-order valence-corrected chi connectivity index (χ2v) is 6.92. The summed E-state index contributed by atoms with van der Waals surface area (Å²) < 4.78 is 11.0. The van der Waals surface area contributed by atoms with Crippen molar-refractivity contribution < 1.29 is 19.4 Å². The predicted molar refractivity (Wildman–Crippen MR) is 110 cm³/mol. The fraction of sp³-hybridized carbons (Fsp3) is 0.350. The van der Waals surface area contributed by atoms with Crippen molar-refractivity contribution in [2.24, 2.45) is 11.7 Å². The Hall–Kier alpha value is -1.99. The summed E-state index contributed by atoms with van der Waals surface area (Å²) in [4.78, 5) is 12.4. The minimum atomic E-state index is -0.928. The van der Waals surface area contributed by atoms with Crippen LogP contribution in [0, 0.1) is 5.92 Å². The van der Waals surface area contributed by atoms with E-state index in [1.165, 1.54) is 0 Å². The second-order valence-electron chi connectivity index (χ2n) is 6.51. The summed E-state index contributed by atoms with van der Waals surface area (Å²) in [6.07, 6.45) is -0.928. The minimum absolute atomic E-state index is 0. The largest absolute Gasteiger partial charge is 0.486 e. The minimum Gasteiger partial charge on any atom is -0.486 e. The predicted octanol–water partition coefficient (Wildman–Crippen LogP) is 3.02. The van der Waals surface area contributed by atoms with Crippen LogP contribution in [0.5, 0.6) is 11.5 Å². The van der Waals surface area contributed by atoms with Gasteiger partial charge in [-0.25, -0.2) is 0 Å². The molecule has 3 rings (SSSR count). The average molecular weight is 427 g/mol. The van der Waals surface area contributed by atoms with E-state index < -0.39 is 18.1 Å². The van der Waals surface area contributed by atoms with Crippen molar-refractivity contribution in [1.29, 1.82) is 0 Å². The molecule has 2 aromatic carbocycles. The number of ether oxygens (including phenoxy) is 2. The van der Waals surface area contributed by atoms with E-state index in [-0.39, 0.29) is 24.9 Å². The lowest BCUT2D eigenvalue weighted by molar-refractivity contribution is -0.125. The molecule has 0 aliphatic carbocycles. The number of carbonyl (C=O) groups is 1. The SMILES string of the molecule is CC(C(=O)NCC(O)c1cc(Cl)c2c(c1)OCCO2)C(N)c1ccccc1.Cl. The molecule has 8 heteroatoms. The molecule has 3 unspecified atom stereocenters. The number of nitrogens with one attached hydrogen (secondary N) is 1. The fourth-order valence-electron chi connectivity index (χ4n) is 2.93. The summed E-state index contributed by atoms with van der Waals surface area (Å²) in [6, 6.07) is 12.3. The molecule has 1 heterocycles. The Balaban J connectivity index is 0.00000280. The van der Waals surface area contributed by atoms with Crippen molar-refractivity contribution in [3.63, 3.8) is 0 Å². The van der Waals surface area contributed by atoms with E-state index in [0.29, 0.717) is 35.3 Å². The molecular weight excluding hydrogens is 403 g/mol. The maximum absolute atomic E-state index is 12.4. The highest BCUT2D eigenvalue weighted by Gasteiger charge is 2.24. The number of amides is 1. The van der Waals surface area contributed by atoms with E-state index in [9.17, 15) is 9.90 Å². The van der Waals surface area contributed by atoms with Gasteiger partial charge >= 0.3 is 0 Å². The lowest BCUT2D eigenvalue weighted by Gasteiger charge is -2.23. The zero-order valence-electron chi connectivity index (χ0n) is 15.4. The highest BCUT2D eigenvalue weighted by atomic mass is 35.5. The smallest absolute Gasteiger partial charge is 0.224 e. The fourth-order valence-corrected chi connectivity index (χ4v) is 3.20. The number of benzene rings is 2. The van der Waals surface area contributed by atoms with Crippen LogP contribution in [0.1, 0.15) is 30.2 Å². The Morgan fingerprint density at radius 2 is 1.89 bits per heavy atom. The van der Waals surface area contributed by atoms with Gasteiger partial charge in [-0.15, -0.1) is 12.4 Å². The topological polar surface area (TPSA) is 93.8 Å². The number of hydrogen-bond donors (Lipinski definition) is 3. The molecule has 28 heavy (non-hydrogen) atoms. The van der Waals surface area contributed by atoms with E-state index in [1.54, 1.807) is 19.1 Å². The van der Waals surface area contributed by atoms with E-state index in [2.05, 4.69) is 5.32 Å². The maximum atomic E-state index is 12.4. The normalized spacial score (nSPS) is 15.7. The Labute approximate surface area is 175 Å². The van der Waals surface area contributed by atoms with Crippen molar-refractivity contribution >= 4 is 29.9 Å². The number of fused-ring (bicyclic) bond motifs is 1. The van der Waals surface area contributed by atoms with Gasteiger partial charge in [-0.3, -0.25) is 4.79 Å². The lowest BCUT2D eigenvalue weighted by Crippen LogP contribution is -2.37. The number of carbonyl (C=O) groups excluding carboxylic acids is 1. The van der Waals surface area contributed by atoms with Gasteiger partial charge in [-0.05, 0) is 23.3 Å². The van der Waals surface area contributed by atoms with Gasteiger partial charge in [-0.2, -0.15) is 0 Å². The van der Waals surface area contributed by atoms with Crippen LogP contribution in [0.2, 0.25) is 5.02 Å². The Morgan fingerprint density at radius 3 is 2.61 bits per heavy atom. The van der Waals surface area contributed by atoms with E-state index >= 15 is 0 Å². The van der Waals surface area contributed by atoms with Gasteiger partial charge in [0.2, 0.25) is 5.91 Å². The van der Waals surface area contributed by atoms with Gasteiger partial charge in [0, 0.05) is 12.6 Å². The van der Waals surface area contributed by atoms with Gasteiger partial charge in [-0.1, -0.05) is 48.9 Å². The Morgan fingerprint density at radius 1 is 1.21 bits per heavy atom. The van der Waals surface area contributed by atoms with Crippen molar-refractivity contribution in [2.75, 3.05) is 19.8 Å². The van der Waals surface area contributed by atoms with Crippen LogP contribution in [0.25, 0.3) is 0 Å². The Kier molecular flexibility index (Phi) is 7.95. The zero-order valence-corrected chi connectivity index (χ0v) is 17.0. The molecule has 0 saturated heterocycles. The first-order chi connectivity index (χ1) is 13.0. The van der Waals surface area contributed by atoms with Crippen LogP contribution in [0.4, 0.5) is 0 Å². The van der Waals surface area contributed by atoms with E-state index in [0.717, 1.165) is 5.56 Å². The molecule has 0 aromatic heterocycles. The zero-order chi connectivity index (χ0) is 19.4. The molecule has 2 aromatic rings. The maximum Gasteiger partial charge on any atom is 0.224 e. The molecule has 0 fully saturated rings. The molecule has 1 aliphatic rings. The molecule has 4 N–H and O–H groups in total. The molecular formula is C20H24Cl2N2O4. The number of rotatable bonds is 6. The quantitative estimate of drug-likeness (QED) is 0.659. The summed E-state index contributed by atoms with van der Waals surface area (Å²) in [6.45, 7) is 2.67. The molecule has 1 aliphatic heterocycles. The van der Waals surface area contributed by atoms with Gasteiger partial charge in [0.05, 0.1) is 17.0 Å². The third-order valence-electron chi connectivity index (χ3n) is 4.61. The van der Waals surface area contributed by atoms with Crippen LogP contribution < -0.4 is 20.5 Å². The molecule has 0 bridgehead atoms. The first-order valence-corrected chi connectivity index (χ1v) is 9.20. The van der Waals surface area contributed by atoms with Gasteiger partial charge in [0.1, 0.15) is 13.2 Å². The van der Waals surface area contributed by atoms with Crippen molar-refractivity contribution in [3.8, 4) is 11.5 Å². The number of halogens is 2. The number of aliphatic hydroxyl groups excluding tert-OH is 1. The van der Waals surface area contributed by atoms with Crippen molar-refractivity contribution in [1.82, 2.24) is 5.32 Å². The summed E-state index contributed by atoms with van der Waals surface area (Å²) in [7, 11) is 0. The number of hydrogen-bond acceptors (Lipinski definition) is 5. The molecule has 0 saturated carbocycles.